The van der Waals surface area contributed by atoms with E-state index >= 15 is 0 Å². The molecule has 7 nitrogen and oxygen atoms in total. The zero-order valence-corrected chi connectivity index (χ0v) is 21.3. The van der Waals surface area contributed by atoms with Gasteiger partial charge in [0.15, 0.2) is 0 Å². The fraction of sp³-hybridized carbons (Fsp3) is 0.258. The number of aryl methyl sites for hydroxylation is 1. The number of hydrogen-bond donors (Lipinski definition) is 1. The van der Waals surface area contributed by atoms with E-state index in [-0.39, 0.29) is 0 Å². The van der Waals surface area contributed by atoms with E-state index < -0.39 is 11.7 Å². The lowest BCUT2D eigenvalue weighted by molar-refractivity contribution is -0.112. The third kappa shape index (κ3) is 4.79. The molecule has 0 radical (unpaired) electrons. The van der Waals surface area contributed by atoms with Gasteiger partial charge >= 0.3 is 0 Å². The molecule has 1 N–H and O–H groups in total. The fourth-order valence-corrected chi connectivity index (χ4v) is 5.54. The number of piperazine rings is 1. The van der Waals surface area contributed by atoms with E-state index in [9.17, 15) is 9.59 Å². The van der Waals surface area contributed by atoms with Crippen LogP contribution in [0.15, 0.2) is 85.2 Å². The van der Waals surface area contributed by atoms with Gasteiger partial charge in [-0.3, -0.25) is 14.6 Å². The average Bonchev–Trinajstić information content (AvgIpc) is 3.38. The Labute approximate surface area is 222 Å². The van der Waals surface area contributed by atoms with Gasteiger partial charge in [-0.2, -0.15) is 0 Å². The van der Waals surface area contributed by atoms with Gasteiger partial charge in [0.25, 0.3) is 11.7 Å². The van der Waals surface area contributed by atoms with Crippen LogP contribution >= 0.6 is 0 Å². The standard InChI is InChI=1S/C31H31N5O2/c37-30(29-28(23-7-2-1-3-8-23)21-26-9-4-5-16-36(26)29)31(38)33-24-11-13-25(14-12-24)34-17-19-35(20-18-34)27-10-6-15-32-22-27/h1-3,6-8,10-15,21-22H,4-5,9,16-20H2,(H,33,38). The molecule has 7 heteroatoms. The Kier molecular flexibility index (Phi) is 6.65. The van der Waals surface area contributed by atoms with E-state index in [1.807, 2.05) is 71.4 Å². The monoisotopic (exact) mass is 505 g/mol. The van der Waals surface area contributed by atoms with Crippen molar-refractivity contribution < 1.29 is 9.59 Å². The highest BCUT2D eigenvalue weighted by atomic mass is 16.2. The second kappa shape index (κ2) is 10.5. The number of anilines is 3. The van der Waals surface area contributed by atoms with Gasteiger partial charge in [-0.25, -0.2) is 0 Å². The van der Waals surface area contributed by atoms with Crippen LogP contribution in [-0.4, -0.2) is 47.4 Å². The van der Waals surface area contributed by atoms with Crippen molar-refractivity contribution in [3.05, 3.63) is 96.6 Å². The van der Waals surface area contributed by atoms with E-state index in [1.165, 1.54) is 0 Å². The predicted molar refractivity (Wildman–Crippen MR) is 151 cm³/mol. The third-order valence-corrected chi connectivity index (χ3v) is 7.53. The first-order valence-corrected chi connectivity index (χ1v) is 13.3. The van der Waals surface area contributed by atoms with Gasteiger partial charge < -0.3 is 19.7 Å². The highest BCUT2D eigenvalue weighted by Gasteiger charge is 2.28. The topological polar surface area (TPSA) is 70.5 Å². The van der Waals surface area contributed by atoms with Gasteiger partial charge in [-0.15, -0.1) is 0 Å². The van der Waals surface area contributed by atoms with Gasteiger partial charge in [0.2, 0.25) is 0 Å². The number of nitrogens with zero attached hydrogens (tertiary/aromatic N) is 4. The predicted octanol–water partition coefficient (Wildman–Crippen LogP) is 5.03. The average molecular weight is 506 g/mol. The van der Waals surface area contributed by atoms with Crippen molar-refractivity contribution in [2.24, 2.45) is 0 Å². The first kappa shape index (κ1) is 24.0. The highest BCUT2D eigenvalue weighted by Crippen LogP contribution is 2.31. The number of aromatic nitrogens is 2. The van der Waals surface area contributed by atoms with Crippen molar-refractivity contribution >= 4 is 28.8 Å². The number of nitrogens with one attached hydrogen (secondary N) is 1. The molecule has 2 aliphatic heterocycles. The summed E-state index contributed by atoms with van der Waals surface area (Å²) in [6.07, 6.45) is 6.73. The molecule has 1 amide bonds. The SMILES string of the molecule is O=C(Nc1ccc(N2CCN(c3cccnc3)CC2)cc1)C(=O)c1c(-c2ccccc2)cc2n1CCCC2. The van der Waals surface area contributed by atoms with Gasteiger partial charge in [0.1, 0.15) is 5.69 Å². The number of amides is 1. The number of carbonyl (C=O) groups excluding carboxylic acids is 2. The lowest BCUT2D eigenvalue weighted by Crippen LogP contribution is -2.46. The van der Waals surface area contributed by atoms with Crippen molar-refractivity contribution in [3.63, 3.8) is 0 Å². The molecule has 1 saturated heterocycles. The van der Waals surface area contributed by atoms with Crippen molar-refractivity contribution in [1.82, 2.24) is 9.55 Å². The molecular formula is C31H31N5O2. The van der Waals surface area contributed by atoms with Crippen LogP contribution in [0.5, 0.6) is 0 Å². The molecular weight excluding hydrogens is 474 g/mol. The Balaban J connectivity index is 1.14. The number of rotatable bonds is 6. The quantitative estimate of drug-likeness (QED) is 0.294. The molecule has 4 aromatic rings. The second-order valence-electron chi connectivity index (χ2n) is 9.89. The Hall–Kier alpha value is -4.39. The summed E-state index contributed by atoms with van der Waals surface area (Å²) in [5.41, 5.74) is 6.28. The lowest BCUT2D eigenvalue weighted by atomic mass is 10.0. The summed E-state index contributed by atoms with van der Waals surface area (Å²) in [5.74, 6) is -1.10. The summed E-state index contributed by atoms with van der Waals surface area (Å²) in [4.78, 5) is 35.5. The zero-order valence-electron chi connectivity index (χ0n) is 21.3. The molecule has 0 aliphatic carbocycles. The van der Waals surface area contributed by atoms with E-state index in [0.29, 0.717) is 11.4 Å². The molecule has 0 spiro atoms. The number of ketones is 1. The maximum absolute atomic E-state index is 13.5. The van der Waals surface area contributed by atoms with Crippen LogP contribution in [0.1, 0.15) is 29.0 Å². The summed E-state index contributed by atoms with van der Waals surface area (Å²) in [6, 6.07) is 23.8. The van der Waals surface area contributed by atoms with Crippen LogP contribution in [0.25, 0.3) is 11.1 Å². The highest BCUT2D eigenvalue weighted by molar-refractivity contribution is 6.47. The van der Waals surface area contributed by atoms with E-state index in [0.717, 1.165) is 80.2 Å². The number of fused-ring (bicyclic) bond motifs is 1. The Bertz CT molecular complexity index is 1420. The molecule has 4 heterocycles. The number of carbonyl (C=O) groups is 2. The van der Waals surface area contributed by atoms with Gasteiger partial charge in [-0.05, 0) is 67.3 Å². The summed E-state index contributed by atoms with van der Waals surface area (Å²) >= 11 is 0. The van der Waals surface area contributed by atoms with Gasteiger partial charge in [-0.1, -0.05) is 30.3 Å². The van der Waals surface area contributed by atoms with E-state index in [1.54, 1.807) is 6.20 Å². The Morgan fingerprint density at radius 2 is 1.50 bits per heavy atom. The number of pyridine rings is 1. The van der Waals surface area contributed by atoms with Crippen LogP contribution in [0.2, 0.25) is 0 Å². The summed E-state index contributed by atoms with van der Waals surface area (Å²) < 4.78 is 2.04. The van der Waals surface area contributed by atoms with Gasteiger partial charge in [0, 0.05) is 61.6 Å². The minimum atomic E-state index is -0.605. The zero-order chi connectivity index (χ0) is 25.9. The van der Waals surface area contributed by atoms with E-state index in [4.69, 9.17) is 0 Å². The molecule has 0 saturated carbocycles. The minimum Gasteiger partial charge on any atom is -0.368 e. The Morgan fingerprint density at radius 1 is 0.763 bits per heavy atom. The van der Waals surface area contributed by atoms with Crippen LogP contribution < -0.4 is 15.1 Å². The molecule has 0 atom stereocenters. The van der Waals surface area contributed by atoms with Crippen LogP contribution in [0, 0.1) is 0 Å². The third-order valence-electron chi connectivity index (χ3n) is 7.53. The molecule has 38 heavy (non-hydrogen) atoms. The molecule has 0 unspecified atom stereocenters. The van der Waals surface area contributed by atoms with E-state index in [2.05, 4.69) is 32.2 Å². The summed E-state index contributed by atoms with van der Waals surface area (Å²) in [7, 11) is 0. The molecule has 0 bridgehead atoms. The normalized spacial score (nSPS) is 15.2. The van der Waals surface area contributed by atoms with Crippen LogP contribution in [0.4, 0.5) is 17.1 Å². The molecule has 2 aromatic heterocycles. The van der Waals surface area contributed by atoms with Crippen molar-refractivity contribution in [3.8, 4) is 11.1 Å². The first-order chi connectivity index (χ1) is 18.7. The van der Waals surface area contributed by atoms with Gasteiger partial charge in [0.05, 0.1) is 11.9 Å². The molecule has 2 aromatic carbocycles. The largest absolute Gasteiger partial charge is 0.368 e. The first-order valence-electron chi connectivity index (χ1n) is 13.3. The molecule has 192 valence electrons. The summed E-state index contributed by atoms with van der Waals surface area (Å²) in [5, 5.41) is 2.84. The van der Waals surface area contributed by atoms with Crippen molar-refractivity contribution in [2.75, 3.05) is 41.3 Å². The van der Waals surface area contributed by atoms with Crippen molar-refractivity contribution in [2.45, 2.75) is 25.8 Å². The Morgan fingerprint density at radius 3 is 2.21 bits per heavy atom. The minimum absolute atomic E-state index is 0.492. The maximum Gasteiger partial charge on any atom is 0.298 e. The molecule has 6 rings (SSSR count). The summed E-state index contributed by atoms with van der Waals surface area (Å²) in [6.45, 7) is 4.41. The molecule has 2 aliphatic rings. The second-order valence-corrected chi connectivity index (χ2v) is 9.89. The number of Topliss-reactive ketones (excluding diaryl/α,β-unsaturated/α-hetero) is 1. The number of hydrogen-bond acceptors (Lipinski definition) is 5. The molecule has 1 fully saturated rings. The van der Waals surface area contributed by atoms with Crippen LogP contribution in [-0.2, 0) is 17.8 Å². The van der Waals surface area contributed by atoms with Crippen LogP contribution in [0.3, 0.4) is 0 Å². The maximum atomic E-state index is 13.5. The number of benzene rings is 2. The smallest absolute Gasteiger partial charge is 0.298 e. The van der Waals surface area contributed by atoms with Crippen molar-refractivity contribution in [1.29, 1.82) is 0 Å². The lowest BCUT2D eigenvalue weighted by Gasteiger charge is -2.37. The fourth-order valence-electron chi connectivity index (χ4n) is 5.54.